The largest absolute Gasteiger partial charge is 0.391 e. The van der Waals surface area contributed by atoms with Gasteiger partial charge in [-0.15, -0.1) is 0 Å². The number of hydrogen-bond acceptors (Lipinski definition) is 3. The van der Waals surface area contributed by atoms with E-state index in [0.717, 1.165) is 0 Å². The van der Waals surface area contributed by atoms with Crippen LogP contribution in [0.4, 0.5) is 0 Å². The van der Waals surface area contributed by atoms with Crippen molar-refractivity contribution in [3.63, 3.8) is 0 Å². The van der Waals surface area contributed by atoms with E-state index >= 15 is 0 Å². The predicted molar refractivity (Wildman–Crippen MR) is 45.5 cm³/mol. The Morgan fingerprint density at radius 1 is 1.42 bits per heavy atom. The first-order valence-electron chi connectivity index (χ1n) is 4.49. The van der Waals surface area contributed by atoms with Crippen LogP contribution in [0.25, 0.3) is 0 Å². The Hall–Kier alpha value is -0.120. The van der Waals surface area contributed by atoms with E-state index < -0.39 is 5.79 Å². The maximum absolute atomic E-state index is 9.67. The van der Waals surface area contributed by atoms with Gasteiger partial charge in [0.25, 0.3) is 0 Å². The van der Waals surface area contributed by atoms with Gasteiger partial charge in [-0.2, -0.15) is 0 Å². The van der Waals surface area contributed by atoms with Gasteiger partial charge >= 0.3 is 0 Å². The number of aliphatic hydroxyl groups is 2. The second-order valence-electron chi connectivity index (χ2n) is 3.97. The molecular formula is C9H18O3. The van der Waals surface area contributed by atoms with Crippen molar-refractivity contribution in [2.75, 3.05) is 6.61 Å². The molecule has 1 unspecified atom stereocenters. The summed E-state index contributed by atoms with van der Waals surface area (Å²) in [5.74, 6) is -0.464. The number of ether oxygens (including phenoxy) is 1. The maximum atomic E-state index is 9.67. The highest BCUT2D eigenvalue weighted by Crippen LogP contribution is 2.34. The van der Waals surface area contributed by atoms with Crippen molar-refractivity contribution >= 4 is 0 Å². The summed E-state index contributed by atoms with van der Waals surface area (Å²) in [7, 11) is 0. The summed E-state index contributed by atoms with van der Waals surface area (Å²) in [6.45, 7) is 5.80. The van der Waals surface area contributed by atoms with Crippen LogP contribution in [0.15, 0.2) is 0 Å². The molecule has 0 spiro atoms. The summed E-state index contributed by atoms with van der Waals surface area (Å²) in [6.07, 6.45) is 0.542. The van der Waals surface area contributed by atoms with Crippen LogP contribution in [-0.4, -0.2) is 28.7 Å². The minimum absolute atomic E-state index is 0.0194. The summed E-state index contributed by atoms with van der Waals surface area (Å²) in [5.41, 5.74) is 0. The molecule has 0 saturated carbocycles. The van der Waals surface area contributed by atoms with Crippen LogP contribution in [0, 0.1) is 11.8 Å². The normalized spacial score (nSPS) is 49.2. The van der Waals surface area contributed by atoms with E-state index in [-0.39, 0.29) is 12.7 Å². The Balaban J connectivity index is 2.65. The fourth-order valence-corrected chi connectivity index (χ4v) is 1.75. The molecule has 1 aliphatic heterocycles. The van der Waals surface area contributed by atoms with Gasteiger partial charge in [-0.3, -0.25) is 0 Å². The van der Waals surface area contributed by atoms with E-state index in [1.807, 2.05) is 6.92 Å². The molecule has 12 heavy (non-hydrogen) atoms. The van der Waals surface area contributed by atoms with Crippen LogP contribution in [0.2, 0.25) is 0 Å². The van der Waals surface area contributed by atoms with E-state index in [9.17, 15) is 5.11 Å². The zero-order valence-corrected chi connectivity index (χ0v) is 7.95. The van der Waals surface area contributed by atoms with Gasteiger partial charge in [0.05, 0.1) is 12.7 Å². The molecule has 0 aromatic rings. The number of hydrogen-bond donors (Lipinski definition) is 2. The first kappa shape index (κ1) is 9.96. The molecule has 0 aromatic heterocycles. The Morgan fingerprint density at radius 3 is 2.42 bits per heavy atom. The lowest BCUT2D eigenvalue weighted by Gasteiger charge is -2.42. The standard InChI is InChI=1S/C9H18O3/c1-6-4-9(11,5-10)12-8(3)7(6)2/h6-8,10-11H,4-5H2,1-3H3/t6?,7-,8-,9-/m1/s1. The molecule has 2 N–H and O–H groups in total. The van der Waals surface area contributed by atoms with Gasteiger partial charge in [-0.05, 0) is 18.8 Å². The summed E-state index contributed by atoms with van der Waals surface area (Å²) in [6, 6.07) is 0. The molecule has 1 heterocycles. The van der Waals surface area contributed by atoms with Crippen LogP contribution >= 0.6 is 0 Å². The van der Waals surface area contributed by atoms with Crippen molar-refractivity contribution in [2.24, 2.45) is 11.8 Å². The average molecular weight is 174 g/mol. The third-order valence-corrected chi connectivity index (χ3v) is 2.93. The lowest BCUT2D eigenvalue weighted by atomic mass is 9.83. The molecule has 4 atom stereocenters. The topological polar surface area (TPSA) is 49.7 Å². The molecule has 3 nitrogen and oxygen atoms in total. The molecule has 72 valence electrons. The minimum atomic E-state index is -1.30. The third-order valence-electron chi connectivity index (χ3n) is 2.93. The second kappa shape index (κ2) is 3.32. The fourth-order valence-electron chi connectivity index (χ4n) is 1.75. The smallest absolute Gasteiger partial charge is 0.189 e. The fraction of sp³-hybridized carbons (Fsp3) is 1.00. The van der Waals surface area contributed by atoms with E-state index in [4.69, 9.17) is 9.84 Å². The van der Waals surface area contributed by atoms with Crippen molar-refractivity contribution in [1.82, 2.24) is 0 Å². The number of aliphatic hydroxyl groups excluding tert-OH is 1. The number of rotatable bonds is 1. The van der Waals surface area contributed by atoms with Crippen LogP contribution < -0.4 is 0 Å². The average Bonchev–Trinajstić information content (AvgIpc) is 2.00. The highest BCUT2D eigenvalue weighted by Gasteiger charge is 2.40. The second-order valence-corrected chi connectivity index (χ2v) is 3.97. The van der Waals surface area contributed by atoms with Crippen molar-refractivity contribution < 1.29 is 14.9 Å². The van der Waals surface area contributed by atoms with Gasteiger partial charge in [0.2, 0.25) is 0 Å². The van der Waals surface area contributed by atoms with Crippen LogP contribution in [-0.2, 0) is 4.74 Å². The lowest BCUT2D eigenvalue weighted by Crippen LogP contribution is -2.49. The highest BCUT2D eigenvalue weighted by molar-refractivity contribution is 4.82. The van der Waals surface area contributed by atoms with Gasteiger partial charge in [-0.1, -0.05) is 13.8 Å². The summed E-state index contributed by atoms with van der Waals surface area (Å²) in [4.78, 5) is 0. The maximum Gasteiger partial charge on any atom is 0.189 e. The molecule has 0 aliphatic carbocycles. The monoisotopic (exact) mass is 174 g/mol. The molecule has 0 amide bonds. The van der Waals surface area contributed by atoms with Gasteiger partial charge in [-0.25, -0.2) is 0 Å². The Bertz CT molecular complexity index is 146. The third kappa shape index (κ3) is 1.79. The first-order chi connectivity index (χ1) is 5.48. The van der Waals surface area contributed by atoms with Gasteiger partial charge in [0, 0.05) is 6.42 Å². The molecule has 3 heteroatoms. The van der Waals surface area contributed by atoms with E-state index in [0.29, 0.717) is 18.3 Å². The van der Waals surface area contributed by atoms with Gasteiger partial charge in [0.15, 0.2) is 5.79 Å². The zero-order chi connectivity index (χ0) is 9.35. The summed E-state index contributed by atoms with van der Waals surface area (Å²) < 4.78 is 5.31. The molecule has 1 aliphatic rings. The molecule has 1 rings (SSSR count). The first-order valence-corrected chi connectivity index (χ1v) is 4.49. The quantitative estimate of drug-likeness (QED) is 0.616. The van der Waals surface area contributed by atoms with E-state index in [1.54, 1.807) is 0 Å². The van der Waals surface area contributed by atoms with Gasteiger partial charge < -0.3 is 14.9 Å². The highest BCUT2D eigenvalue weighted by atomic mass is 16.6. The molecule has 1 saturated heterocycles. The van der Waals surface area contributed by atoms with Gasteiger partial charge in [0.1, 0.15) is 0 Å². The van der Waals surface area contributed by atoms with Crippen LogP contribution in [0.5, 0.6) is 0 Å². The Morgan fingerprint density at radius 2 is 2.00 bits per heavy atom. The predicted octanol–water partition coefficient (Wildman–Crippen LogP) is 0.748. The molecule has 0 aromatic carbocycles. The van der Waals surface area contributed by atoms with Crippen LogP contribution in [0.3, 0.4) is 0 Å². The van der Waals surface area contributed by atoms with Crippen molar-refractivity contribution in [1.29, 1.82) is 0 Å². The molecular weight excluding hydrogens is 156 g/mol. The summed E-state index contributed by atoms with van der Waals surface area (Å²) in [5, 5.41) is 18.6. The van der Waals surface area contributed by atoms with Crippen molar-refractivity contribution in [3.05, 3.63) is 0 Å². The Kier molecular flexibility index (Phi) is 2.76. The lowest BCUT2D eigenvalue weighted by molar-refractivity contribution is -0.287. The van der Waals surface area contributed by atoms with Crippen molar-refractivity contribution in [2.45, 2.75) is 39.1 Å². The zero-order valence-electron chi connectivity index (χ0n) is 7.95. The molecule has 1 fully saturated rings. The van der Waals surface area contributed by atoms with Crippen LogP contribution in [0.1, 0.15) is 27.2 Å². The van der Waals surface area contributed by atoms with E-state index in [1.165, 1.54) is 0 Å². The molecule has 0 radical (unpaired) electrons. The summed E-state index contributed by atoms with van der Waals surface area (Å²) >= 11 is 0. The van der Waals surface area contributed by atoms with E-state index in [2.05, 4.69) is 13.8 Å². The SMILES string of the molecule is CC1C[C@](O)(CO)O[C@H](C)[C@@H]1C. The molecule has 0 bridgehead atoms. The minimum Gasteiger partial charge on any atom is -0.391 e. The van der Waals surface area contributed by atoms with Crippen molar-refractivity contribution in [3.8, 4) is 0 Å². The Labute approximate surface area is 73.4 Å².